The molecule has 3 nitrogen and oxygen atoms in total. The van der Waals surface area contributed by atoms with Crippen LogP contribution in [0.4, 0.5) is 4.39 Å². The van der Waals surface area contributed by atoms with Crippen LogP contribution >= 0.6 is 15.9 Å². The summed E-state index contributed by atoms with van der Waals surface area (Å²) in [5.41, 5.74) is 0.736. The van der Waals surface area contributed by atoms with E-state index in [4.69, 9.17) is 0 Å². The molecule has 1 N–H and O–H groups in total. The standard InChI is InChI=1S/C15H23BrFNO2S/c1-11-8-13(17)9-12(2)14(11)21(19,20)18-10-15(3,4)6-5-7-16/h8-9,18H,5-7,10H2,1-4H3. The molecule has 1 aromatic carbocycles. The van der Waals surface area contributed by atoms with Gasteiger partial charge in [-0.1, -0.05) is 29.8 Å². The van der Waals surface area contributed by atoms with Gasteiger partial charge in [0.2, 0.25) is 10.0 Å². The highest BCUT2D eigenvalue weighted by Gasteiger charge is 2.24. The molecule has 0 atom stereocenters. The van der Waals surface area contributed by atoms with Crippen LogP contribution in [0.25, 0.3) is 0 Å². The molecule has 0 bridgehead atoms. The molecule has 0 saturated carbocycles. The average molecular weight is 380 g/mol. The summed E-state index contributed by atoms with van der Waals surface area (Å²) in [4.78, 5) is 0.181. The maximum absolute atomic E-state index is 13.3. The number of rotatable bonds is 7. The van der Waals surface area contributed by atoms with Crippen molar-refractivity contribution in [2.75, 3.05) is 11.9 Å². The predicted molar refractivity (Wildman–Crippen MR) is 87.9 cm³/mol. The molecular formula is C15H23BrFNO2S. The van der Waals surface area contributed by atoms with Gasteiger partial charge in [0.25, 0.3) is 0 Å². The predicted octanol–water partition coefficient (Wildman–Crippen LogP) is 3.92. The normalized spacial score (nSPS) is 12.7. The molecule has 1 aromatic rings. The fraction of sp³-hybridized carbons (Fsp3) is 0.600. The number of halogens is 2. The summed E-state index contributed by atoms with van der Waals surface area (Å²) in [5, 5.41) is 0.902. The summed E-state index contributed by atoms with van der Waals surface area (Å²) in [7, 11) is -3.62. The van der Waals surface area contributed by atoms with Crippen LogP contribution in [0.5, 0.6) is 0 Å². The molecule has 0 saturated heterocycles. The summed E-state index contributed by atoms with van der Waals surface area (Å²) >= 11 is 3.38. The lowest BCUT2D eigenvalue weighted by atomic mass is 9.88. The lowest BCUT2D eigenvalue weighted by Gasteiger charge is -2.25. The zero-order valence-corrected chi connectivity index (χ0v) is 15.4. The topological polar surface area (TPSA) is 46.2 Å². The fourth-order valence-electron chi connectivity index (χ4n) is 2.32. The Labute approximate surface area is 135 Å². The highest BCUT2D eigenvalue weighted by molar-refractivity contribution is 9.09. The molecule has 0 radical (unpaired) electrons. The van der Waals surface area contributed by atoms with E-state index in [1.54, 1.807) is 13.8 Å². The number of nitrogens with one attached hydrogen (secondary N) is 1. The van der Waals surface area contributed by atoms with Gasteiger partial charge in [-0.3, -0.25) is 0 Å². The molecule has 0 fully saturated rings. The van der Waals surface area contributed by atoms with Crippen molar-refractivity contribution in [3.8, 4) is 0 Å². The van der Waals surface area contributed by atoms with Gasteiger partial charge in [-0.2, -0.15) is 0 Å². The quantitative estimate of drug-likeness (QED) is 0.729. The van der Waals surface area contributed by atoms with Crippen LogP contribution in [-0.2, 0) is 10.0 Å². The maximum atomic E-state index is 13.3. The van der Waals surface area contributed by atoms with Crippen molar-refractivity contribution < 1.29 is 12.8 Å². The van der Waals surface area contributed by atoms with E-state index >= 15 is 0 Å². The number of hydrogen-bond acceptors (Lipinski definition) is 2. The molecule has 0 aromatic heterocycles. The minimum absolute atomic E-state index is 0.122. The molecule has 6 heteroatoms. The van der Waals surface area contributed by atoms with Gasteiger partial charge < -0.3 is 0 Å². The first-order valence-electron chi connectivity index (χ1n) is 6.91. The van der Waals surface area contributed by atoms with Crippen molar-refractivity contribution in [1.29, 1.82) is 0 Å². The average Bonchev–Trinajstić information content (AvgIpc) is 2.33. The van der Waals surface area contributed by atoms with Crippen LogP contribution in [0.3, 0.4) is 0 Å². The van der Waals surface area contributed by atoms with Gasteiger partial charge >= 0.3 is 0 Å². The monoisotopic (exact) mass is 379 g/mol. The van der Waals surface area contributed by atoms with E-state index in [9.17, 15) is 12.8 Å². The third kappa shape index (κ3) is 5.34. The Morgan fingerprint density at radius 1 is 1.24 bits per heavy atom. The summed E-state index contributed by atoms with van der Waals surface area (Å²) in [6.07, 6.45) is 1.91. The van der Waals surface area contributed by atoms with Gasteiger partial charge in [0.1, 0.15) is 5.82 Å². The zero-order chi connectivity index (χ0) is 16.3. The number of benzene rings is 1. The van der Waals surface area contributed by atoms with E-state index in [0.29, 0.717) is 17.7 Å². The molecule has 0 aliphatic heterocycles. The molecule has 21 heavy (non-hydrogen) atoms. The van der Waals surface area contributed by atoms with Gasteiger partial charge in [0.05, 0.1) is 4.90 Å². The van der Waals surface area contributed by atoms with Gasteiger partial charge in [0.15, 0.2) is 0 Å². The van der Waals surface area contributed by atoms with E-state index < -0.39 is 15.8 Å². The van der Waals surface area contributed by atoms with Crippen LogP contribution in [-0.4, -0.2) is 20.3 Å². The summed E-state index contributed by atoms with van der Waals surface area (Å²) < 4.78 is 40.9. The Balaban J connectivity index is 2.93. The third-order valence-electron chi connectivity index (χ3n) is 3.42. The number of aryl methyl sites for hydroxylation is 2. The number of alkyl halides is 1. The van der Waals surface area contributed by atoms with Gasteiger partial charge in [-0.05, 0) is 55.4 Å². The Morgan fingerprint density at radius 3 is 2.24 bits per heavy atom. The molecule has 0 aliphatic carbocycles. The van der Waals surface area contributed by atoms with Crippen molar-refractivity contribution >= 4 is 26.0 Å². The zero-order valence-electron chi connectivity index (χ0n) is 13.0. The second-order valence-electron chi connectivity index (χ2n) is 6.15. The Hall–Kier alpha value is -0.460. The summed E-state index contributed by atoms with van der Waals surface area (Å²) in [5.74, 6) is -0.415. The minimum atomic E-state index is -3.62. The Bertz CT molecular complexity index is 577. The molecule has 120 valence electrons. The van der Waals surface area contributed by atoms with Crippen LogP contribution in [0.1, 0.15) is 37.8 Å². The van der Waals surface area contributed by atoms with Crippen molar-refractivity contribution in [3.05, 3.63) is 29.1 Å². The maximum Gasteiger partial charge on any atom is 0.241 e. The van der Waals surface area contributed by atoms with E-state index in [0.717, 1.165) is 18.2 Å². The number of sulfonamides is 1. The minimum Gasteiger partial charge on any atom is -0.211 e. The van der Waals surface area contributed by atoms with Crippen molar-refractivity contribution in [3.63, 3.8) is 0 Å². The largest absolute Gasteiger partial charge is 0.241 e. The second kappa shape index (κ2) is 7.20. The summed E-state index contributed by atoms with van der Waals surface area (Å²) in [6.45, 7) is 7.64. The summed E-state index contributed by atoms with van der Waals surface area (Å²) in [6, 6.07) is 2.50. The first kappa shape index (κ1) is 18.6. The molecule has 0 amide bonds. The van der Waals surface area contributed by atoms with Crippen LogP contribution < -0.4 is 4.72 Å². The Kier molecular flexibility index (Phi) is 6.37. The highest BCUT2D eigenvalue weighted by atomic mass is 79.9. The lowest BCUT2D eigenvalue weighted by molar-refractivity contribution is 0.332. The van der Waals surface area contributed by atoms with Gasteiger partial charge in [-0.25, -0.2) is 17.5 Å². The van der Waals surface area contributed by atoms with E-state index in [2.05, 4.69) is 20.7 Å². The van der Waals surface area contributed by atoms with Crippen LogP contribution in [0.15, 0.2) is 17.0 Å². The van der Waals surface area contributed by atoms with E-state index in [1.807, 2.05) is 13.8 Å². The molecular weight excluding hydrogens is 357 g/mol. The molecule has 0 heterocycles. The molecule has 0 aliphatic rings. The smallest absolute Gasteiger partial charge is 0.211 e. The van der Waals surface area contributed by atoms with E-state index in [1.165, 1.54) is 12.1 Å². The molecule has 0 unspecified atom stereocenters. The SMILES string of the molecule is Cc1cc(F)cc(C)c1S(=O)(=O)NCC(C)(C)CCCBr. The second-order valence-corrected chi connectivity index (χ2v) is 8.65. The molecule has 0 spiro atoms. The fourth-order valence-corrected chi connectivity index (χ4v) is 4.29. The van der Waals surface area contributed by atoms with Crippen molar-refractivity contribution in [2.24, 2.45) is 5.41 Å². The lowest BCUT2D eigenvalue weighted by Crippen LogP contribution is -2.34. The van der Waals surface area contributed by atoms with Crippen LogP contribution in [0, 0.1) is 25.1 Å². The van der Waals surface area contributed by atoms with Crippen LogP contribution in [0.2, 0.25) is 0 Å². The number of hydrogen-bond donors (Lipinski definition) is 1. The first-order valence-corrected chi connectivity index (χ1v) is 9.52. The highest BCUT2D eigenvalue weighted by Crippen LogP contribution is 2.25. The van der Waals surface area contributed by atoms with Crippen molar-refractivity contribution in [1.82, 2.24) is 4.72 Å². The molecule has 1 rings (SSSR count). The third-order valence-corrected chi connectivity index (χ3v) is 5.69. The van der Waals surface area contributed by atoms with Gasteiger partial charge in [0, 0.05) is 11.9 Å². The first-order chi connectivity index (χ1) is 9.59. The van der Waals surface area contributed by atoms with Crippen molar-refractivity contribution in [2.45, 2.75) is 45.4 Å². The van der Waals surface area contributed by atoms with Gasteiger partial charge in [-0.15, -0.1) is 0 Å². The Morgan fingerprint density at radius 2 is 1.76 bits per heavy atom. The van der Waals surface area contributed by atoms with E-state index in [-0.39, 0.29) is 10.3 Å².